The molecule has 1 unspecified atom stereocenters. The third-order valence-corrected chi connectivity index (χ3v) is 5.96. The van der Waals surface area contributed by atoms with E-state index in [0.29, 0.717) is 24.0 Å². The quantitative estimate of drug-likeness (QED) is 0.574. The molecule has 2 N–H and O–H groups in total. The molecule has 1 atom stereocenters. The van der Waals surface area contributed by atoms with Gasteiger partial charge in [0.1, 0.15) is 5.82 Å². The first-order valence-corrected chi connectivity index (χ1v) is 11.2. The highest BCUT2D eigenvalue weighted by atomic mass is 35.5. The van der Waals surface area contributed by atoms with E-state index in [2.05, 4.69) is 15.6 Å². The molecule has 0 spiro atoms. The van der Waals surface area contributed by atoms with Gasteiger partial charge >= 0.3 is 0 Å². The number of nitrogens with zero attached hydrogens (tertiary/aromatic N) is 2. The van der Waals surface area contributed by atoms with Crippen molar-refractivity contribution in [3.05, 3.63) is 46.9 Å². The van der Waals surface area contributed by atoms with E-state index in [-0.39, 0.29) is 17.3 Å². The number of benzene rings is 1. The second-order valence-corrected chi connectivity index (χ2v) is 8.37. The van der Waals surface area contributed by atoms with Crippen LogP contribution >= 0.6 is 11.6 Å². The Kier molecular flexibility index (Phi) is 7.63. The van der Waals surface area contributed by atoms with Crippen molar-refractivity contribution in [3.8, 4) is 0 Å². The number of nitrogens with one attached hydrogen (secondary N) is 2. The zero-order valence-electron chi connectivity index (χ0n) is 16.5. The van der Waals surface area contributed by atoms with Gasteiger partial charge in [0.25, 0.3) is 5.91 Å². The average molecular weight is 454 g/mol. The molecule has 30 heavy (non-hydrogen) atoms. The third-order valence-electron chi connectivity index (χ3n) is 4.90. The summed E-state index contributed by atoms with van der Waals surface area (Å²) in [5, 5.41) is 5.79. The Morgan fingerprint density at radius 1 is 1.33 bits per heavy atom. The van der Waals surface area contributed by atoms with Crippen LogP contribution in [0, 0.1) is 5.82 Å². The highest BCUT2D eigenvalue weighted by Gasteiger charge is 2.23. The summed E-state index contributed by atoms with van der Waals surface area (Å²) in [5.41, 5.74) is -0.279. The Labute approximate surface area is 182 Å². The second-order valence-electron chi connectivity index (χ2n) is 7.09. The van der Waals surface area contributed by atoms with Crippen molar-refractivity contribution in [3.63, 3.8) is 0 Å². The minimum atomic E-state index is -2.68. The van der Waals surface area contributed by atoms with E-state index in [9.17, 15) is 13.6 Å². The number of aromatic nitrogens is 1. The molecule has 0 radical (unpaired) electrons. The zero-order valence-corrected chi connectivity index (χ0v) is 18.1. The molecule has 1 aliphatic carbocycles. The molecule has 1 fully saturated rings. The van der Waals surface area contributed by atoms with Gasteiger partial charge < -0.3 is 15.2 Å². The number of carbonyl (C=O) groups excluding carboxylic acids is 1. The van der Waals surface area contributed by atoms with Crippen LogP contribution in [-0.4, -0.2) is 32.2 Å². The molecule has 1 heterocycles. The van der Waals surface area contributed by atoms with Gasteiger partial charge in [0.15, 0.2) is 5.82 Å². The first-order chi connectivity index (χ1) is 14.4. The summed E-state index contributed by atoms with van der Waals surface area (Å²) in [6.45, 7) is 1.84. The number of anilines is 3. The molecule has 1 amide bonds. The minimum absolute atomic E-state index is 0.0785. The summed E-state index contributed by atoms with van der Waals surface area (Å²) < 4.78 is 38.8. The van der Waals surface area contributed by atoms with Crippen LogP contribution in [0.15, 0.2) is 30.5 Å². The van der Waals surface area contributed by atoms with Crippen molar-refractivity contribution in [1.29, 1.82) is 0 Å². The van der Waals surface area contributed by atoms with E-state index in [0.717, 1.165) is 17.1 Å². The molecule has 1 aliphatic rings. The van der Waals surface area contributed by atoms with Crippen molar-refractivity contribution in [2.24, 2.45) is 0 Å². The van der Waals surface area contributed by atoms with E-state index < -0.39 is 28.6 Å². The second kappa shape index (κ2) is 10.2. The van der Waals surface area contributed by atoms with Crippen molar-refractivity contribution < 1.29 is 17.9 Å². The molecule has 1 aromatic carbocycles. The van der Waals surface area contributed by atoms with Crippen LogP contribution in [0.4, 0.5) is 21.6 Å². The maximum Gasteiger partial charge on any atom is 0.260 e. The van der Waals surface area contributed by atoms with E-state index in [1.165, 1.54) is 31.2 Å². The predicted molar refractivity (Wildman–Crippen MR) is 116 cm³/mol. The maximum atomic E-state index is 15.0. The molecule has 162 valence electrons. The molecule has 1 aromatic heterocycles. The maximum absolute atomic E-state index is 15.0. The summed E-state index contributed by atoms with van der Waals surface area (Å²) in [6, 6.07) is 6.35. The summed E-state index contributed by atoms with van der Waals surface area (Å²) in [4.78, 5) is 17.0. The lowest BCUT2D eigenvalue weighted by molar-refractivity contribution is 0.102. The Morgan fingerprint density at radius 2 is 2.07 bits per heavy atom. The van der Waals surface area contributed by atoms with Gasteiger partial charge in [0.05, 0.1) is 28.2 Å². The van der Waals surface area contributed by atoms with Gasteiger partial charge in [-0.05, 0) is 43.5 Å². The van der Waals surface area contributed by atoms with Gasteiger partial charge in [-0.3, -0.25) is 13.3 Å². The van der Waals surface area contributed by atoms with E-state index in [1.807, 2.05) is 0 Å². The third kappa shape index (κ3) is 5.27. The van der Waals surface area contributed by atoms with Crippen LogP contribution in [0.25, 0.3) is 0 Å². The summed E-state index contributed by atoms with van der Waals surface area (Å²) >= 11 is 3.36. The lowest BCUT2D eigenvalue weighted by atomic mass is 10.1. The lowest BCUT2D eigenvalue weighted by Gasteiger charge is -2.27. The number of rotatable bonds is 8. The smallest absolute Gasteiger partial charge is 0.260 e. The number of amides is 1. The van der Waals surface area contributed by atoms with E-state index >= 15 is 4.39 Å². The fraction of sp³-hybridized carbons (Fsp3) is 0.400. The highest BCUT2D eigenvalue weighted by Crippen LogP contribution is 2.30. The molecule has 7 nitrogen and oxygen atoms in total. The fourth-order valence-corrected chi connectivity index (χ4v) is 4.31. The first kappa shape index (κ1) is 22.5. The summed E-state index contributed by atoms with van der Waals surface area (Å²) in [6.07, 6.45) is 6.57. The fourth-order valence-electron chi connectivity index (χ4n) is 3.45. The molecular formula is C20H23ClFN4O3S-. The first-order valence-electron chi connectivity index (χ1n) is 9.79. The van der Waals surface area contributed by atoms with Crippen LogP contribution in [0.5, 0.6) is 0 Å². The minimum Gasteiger partial charge on any atom is -0.755 e. The number of hydrogen-bond donors (Lipinski definition) is 2. The predicted octanol–water partition coefficient (Wildman–Crippen LogP) is 4.49. The normalized spacial score (nSPS) is 15.1. The number of pyridine rings is 1. The molecule has 2 aromatic rings. The molecule has 0 aliphatic heterocycles. The topological polar surface area (TPSA) is 97.4 Å². The zero-order chi connectivity index (χ0) is 21.7. The Hall–Kier alpha value is -2.23. The van der Waals surface area contributed by atoms with Gasteiger partial charge in [0, 0.05) is 23.9 Å². The molecule has 1 saturated carbocycles. The molecule has 0 bridgehead atoms. The van der Waals surface area contributed by atoms with Crippen LogP contribution in [0.1, 0.15) is 49.4 Å². The van der Waals surface area contributed by atoms with Crippen molar-refractivity contribution >= 4 is 46.0 Å². The molecule has 10 heteroatoms. The standard InChI is InChI=1S/C20H24ClFN4O3S/c1-2-11-26(30(28)29)16-9-8-15(21)18(19(16)22)20(27)25-14-7-10-17(23-12-14)24-13-5-3-4-6-13/h7-10,12-13H,2-6,11H2,1H3,(H,23,24)(H,25,27)(H,28,29)/p-1. The summed E-state index contributed by atoms with van der Waals surface area (Å²) in [7, 11) is 0. The number of hydrogen-bond acceptors (Lipinski definition) is 5. The van der Waals surface area contributed by atoms with Crippen molar-refractivity contribution in [2.45, 2.75) is 45.1 Å². The van der Waals surface area contributed by atoms with Crippen LogP contribution < -0.4 is 14.9 Å². The van der Waals surface area contributed by atoms with Gasteiger partial charge in [-0.2, -0.15) is 0 Å². The van der Waals surface area contributed by atoms with Gasteiger partial charge in [-0.25, -0.2) is 9.37 Å². The van der Waals surface area contributed by atoms with Crippen molar-refractivity contribution in [2.75, 3.05) is 21.5 Å². The number of halogens is 2. The van der Waals surface area contributed by atoms with Crippen LogP contribution in [-0.2, 0) is 11.3 Å². The lowest BCUT2D eigenvalue weighted by Crippen LogP contribution is -2.28. The van der Waals surface area contributed by atoms with Crippen LogP contribution in [0.2, 0.25) is 5.02 Å². The number of carbonyl (C=O) groups is 1. The van der Waals surface area contributed by atoms with Gasteiger partial charge in [-0.15, -0.1) is 0 Å². The Balaban J connectivity index is 1.77. The van der Waals surface area contributed by atoms with Gasteiger partial charge in [-0.1, -0.05) is 31.4 Å². The largest absolute Gasteiger partial charge is 0.755 e. The monoisotopic (exact) mass is 453 g/mol. The van der Waals surface area contributed by atoms with E-state index in [4.69, 9.17) is 11.6 Å². The van der Waals surface area contributed by atoms with E-state index in [1.54, 1.807) is 19.1 Å². The highest BCUT2D eigenvalue weighted by molar-refractivity contribution is 7.80. The van der Waals surface area contributed by atoms with Crippen molar-refractivity contribution in [1.82, 2.24) is 4.98 Å². The SMILES string of the molecule is CCCN(c1ccc(Cl)c(C(=O)Nc2ccc(NC3CCCC3)nc2)c1F)S(=O)[O-]. The van der Waals surface area contributed by atoms with Crippen LogP contribution in [0.3, 0.4) is 0 Å². The average Bonchev–Trinajstić information content (AvgIpc) is 3.21. The van der Waals surface area contributed by atoms with Gasteiger partial charge in [0.2, 0.25) is 0 Å². The Morgan fingerprint density at radius 3 is 2.67 bits per heavy atom. The molecule has 3 rings (SSSR count). The Bertz CT molecular complexity index is 923. The molecule has 0 saturated heterocycles. The summed E-state index contributed by atoms with van der Waals surface area (Å²) in [5.74, 6) is -1.07. The molecular weight excluding hydrogens is 431 g/mol.